The van der Waals surface area contributed by atoms with Crippen molar-refractivity contribution in [2.75, 3.05) is 13.7 Å². The van der Waals surface area contributed by atoms with Gasteiger partial charge in [0.1, 0.15) is 5.75 Å². The summed E-state index contributed by atoms with van der Waals surface area (Å²) in [6.45, 7) is 1.11. The molecule has 0 bridgehead atoms. The first-order chi connectivity index (χ1) is 6.90. The number of nitrogens with one attached hydrogen (secondary N) is 1. The highest BCUT2D eigenvalue weighted by Crippen LogP contribution is 2.24. The van der Waals surface area contributed by atoms with Crippen LogP contribution in [0.25, 0.3) is 0 Å². The van der Waals surface area contributed by atoms with Crippen LogP contribution in [0.5, 0.6) is 5.75 Å². The van der Waals surface area contributed by atoms with E-state index in [0.29, 0.717) is 6.04 Å². The number of hydrogen-bond donors (Lipinski definition) is 1. The first-order valence-electron chi connectivity index (χ1n) is 5.12. The van der Waals surface area contributed by atoms with Gasteiger partial charge in [0.2, 0.25) is 0 Å². The fourth-order valence-electron chi connectivity index (χ4n) is 1.87. The molecule has 1 fully saturated rings. The standard InChI is InChI=1S/C11H16N2O/c1-14-10-6-9(7-12-8-10)11-4-2-3-5-13-11/h6-8,11,13H,2-5H2,1H3. The second-order valence-electron chi connectivity index (χ2n) is 3.66. The zero-order valence-corrected chi connectivity index (χ0v) is 8.49. The van der Waals surface area contributed by atoms with Crippen LogP contribution in [0.1, 0.15) is 30.9 Å². The van der Waals surface area contributed by atoms with E-state index in [1.807, 2.05) is 6.20 Å². The van der Waals surface area contributed by atoms with Gasteiger partial charge in [-0.3, -0.25) is 4.98 Å². The van der Waals surface area contributed by atoms with Gasteiger partial charge in [-0.05, 0) is 31.0 Å². The molecule has 1 saturated heterocycles. The van der Waals surface area contributed by atoms with Gasteiger partial charge in [0, 0.05) is 12.2 Å². The van der Waals surface area contributed by atoms with Crippen LogP contribution in [-0.4, -0.2) is 18.6 Å². The van der Waals surface area contributed by atoms with Gasteiger partial charge in [0.05, 0.1) is 13.3 Å². The van der Waals surface area contributed by atoms with Crippen molar-refractivity contribution in [1.82, 2.24) is 10.3 Å². The van der Waals surface area contributed by atoms with E-state index in [1.165, 1.54) is 24.8 Å². The zero-order valence-electron chi connectivity index (χ0n) is 8.49. The van der Waals surface area contributed by atoms with Crippen molar-refractivity contribution in [3.63, 3.8) is 0 Å². The van der Waals surface area contributed by atoms with Crippen LogP contribution in [0.15, 0.2) is 18.5 Å². The van der Waals surface area contributed by atoms with E-state index < -0.39 is 0 Å². The molecule has 0 saturated carbocycles. The van der Waals surface area contributed by atoms with Gasteiger partial charge in [-0.15, -0.1) is 0 Å². The maximum atomic E-state index is 5.16. The Hall–Kier alpha value is -1.09. The molecule has 1 aliphatic heterocycles. The largest absolute Gasteiger partial charge is 0.495 e. The minimum absolute atomic E-state index is 0.464. The number of aromatic nitrogens is 1. The highest BCUT2D eigenvalue weighted by Gasteiger charge is 2.14. The molecule has 1 aliphatic rings. The maximum absolute atomic E-state index is 5.16. The number of hydrogen-bond acceptors (Lipinski definition) is 3. The van der Waals surface area contributed by atoms with Crippen molar-refractivity contribution < 1.29 is 4.74 Å². The third-order valence-corrected chi connectivity index (χ3v) is 2.68. The van der Waals surface area contributed by atoms with Crippen molar-refractivity contribution >= 4 is 0 Å². The van der Waals surface area contributed by atoms with Crippen molar-refractivity contribution in [3.8, 4) is 5.75 Å². The molecule has 3 nitrogen and oxygen atoms in total. The third-order valence-electron chi connectivity index (χ3n) is 2.68. The summed E-state index contributed by atoms with van der Waals surface area (Å²) in [5, 5.41) is 3.49. The molecule has 1 N–H and O–H groups in total. The van der Waals surface area contributed by atoms with E-state index in [2.05, 4.69) is 16.4 Å². The fraction of sp³-hybridized carbons (Fsp3) is 0.545. The number of ether oxygens (including phenoxy) is 1. The average molecular weight is 192 g/mol. The predicted molar refractivity (Wildman–Crippen MR) is 55.4 cm³/mol. The summed E-state index contributed by atoms with van der Waals surface area (Å²) in [5.41, 5.74) is 1.24. The Morgan fingerprint density at radius 1 is 1.43 bits per heavy atom. The second kappa shape index (κ2) is 4.42. The lowest BCUT2D eigenvalue weighted by molar-refractivity contribution is 0.398. The Balaban J connectivity index is 2.13. The van der Waals surface area contributed by atoms with Gasteiger partial charge in [-0.2, -0.15) is 0 Å². The third kappa shape index (κ3) is 2.04. The summed E-state index contributed by atoms with van der Waals surface area (Å²) >= 11 is 0. The fourth-order valence-corrected chi connectivity index (χ4v) is 1.87. The Labute approximate surface area is 84.5 Å². The lowest BCUT2D eigenvalue weighted by Crippen LogP contribution is -2.26. The molecule has 1 unspecified atom stereocenters. The Kier molecular flexibility index (Phi) is 2.99. The first kappa shape index (κ1) is 9.46. The molecule has 1 aromatic heterocycles. The van der Waals surface area contributed by atoms with Crippen LogP contribution in [-0.2, 0) is 0 Å². The number of nitrogens with zero attached hydrogens (tertiary/aromatic N) is 1. The van der Waals surface area contributed by atoms with Gasteiger partial charge in [0.25, 0.3) is 0 Å². The van der Waals surface area contributed by atoms with Gasteiger partial charge in [0.15, 0.2) is 0 Å². The minimum atomic E-state index is 0.464. The highest BCUT2D eigenvalue weighted by atomic mass is 16.5. The van der Waals surface area contributed by atoms with Crippen molar-refractivity contribution in [2.45, 2.75) is 25.3 Å². The summed E-state index contributed by atoms with van der Waals surface area (Å²) in [5.74, 6) is 0.842. The van der Waals surface area contributed by atoms with Gasteiger partial charge >= 0.3 is 0 Å². The molecule has 0 amide bonds. The molecule has 76 valence electrons. The number of rotatable bonds is 2. The zero-order chi connectivity index (χ0) is 9.80. The van der Waals surface area contributed by atoms with Crippen LogP contribution >= 0.6 is 0 Å². The lowest BCUT2D eigenvalue weighted by atomic mass is 9.99. The lowest BCUT2D eigenvalue weighted by Gasteiger charge is -2.23. The molecule has 1 aromatic rings. The molecule has 0 aliphatic carbocycles. The summed E-state index contributed by atoms with van der Waals surface area (Å²) in [7, 11) is 1.68. The van der Waals surface area contributed by atoms with E-state index in [-0.39, 0.29) is 0 Å². The van der Waals surface area contributed by atoms with Crippen LogP contribution in [0.4, 0.5) is 0 Å². The molecule has 0 aromatic carbocycles. The van der Waals surface area contributed by atoms with Gasteiger partial charge < -0.3 is 10.1 Å². The molecule has 0 radical (unpaired) electrons. The quantitative estimate of drug-likeness (QED) is 0.777. The molecule has 0 spiro atoms. The first-order valence-corrected chi connectivity index (χ1v) is 5.12. The molecular formula is C11H16N2O. The van der Waals surface area contributed by atoms with E-state index in [0.717, 1.165) is 12.3 Å². The molecule has 2 heterocycles. The molecule has 3 heteroatoms. The van der Waals surface area contributed by atoms with Crippen LogP contribution in [0.2, 0.25) is 0 Å². The summed E-state index contributed by atoms with van der Waals surface area (Å²) in [6, 6.07) is 2.53. The Bertz CT molecular complexity index is 295. The monoisotopic (exact) mass is 192 g/mol. The number of pyridine rings is 1. The maximum Gasteiger partial charge on any atom is 0.137 e. The van der Waals surface area contributed by atoms with E-state index >= 15 is 0 Å². The number of methoxy groups -OCH3 is 1. The van der Waals surface area contributed by atoms with E-state index in [4.69, 9.17) is 4.74 Å². The summed E-state index contributed by atoms with van der Waals surface area (Å²) < 4.78 is 5.16. The van der Waals surface area contributed by atoms with Crippen LogP contribution in [0.3, 0.4) is 0 Å². The molecule has 1 atom stereocenters. The van der Waals surface area contributed by atoms with Gasteiger partial charge in [-0.1, -0.05) is 6.42 Å². The minimum Gasteiger partial charge on any atom is -0.495 e. The average Bonchev–Trinajstić information content (AvgIpc) is 2.30. The topological polar surface area (TPSA) is 34.1 Å². The number of piperidine rings is 1. The van der Waals surface area contributed by atoms with Crippen molar-refractivity contribution in [1.29, 1.82) is 0 Å². The van der Waals surface area contributed by atoms with E-state index in [9.17, 15) is 0 Å². The van der Waals surface area contributed by atoms with E-state index in [1.54, 1.807) is 13.3 Å². The second-order valence-corrected chi connectivity index (χ2v) is 3.66. The Morgan fingerprint density at radius 3 is 3.07 bits per heavy atom. The van der Waals surface area contributed by atoms with Gasteiger partial charge in [-0.25, -0.2) is 0 Å². The SMILES string of the molecule is COc1cncc(C2CCCCN2)c1. The van der Waals surface area contributed by atoms with Crippen molar-refractivity contribution in [2.24, 2.45) is 0 Å². The normalized spacial score (nSPS) is 21.9. The Morgan fingerprint density at radius 2 is 2.36 bits per heavy atom. The summed E-state index contributed by atoms with van der Waals surface area (Å²) in [6.07, 6.45) is 7.45. The van der Waals surface area contributed by atoms with Crippen molar-refractivity contribution in [3.05, 3.63) is 24.0 Å². The highest BCUT2D eigenvalue weighted by molar-refractivity contribution is 5.26. The molecule has 14 heavy (non-hydrogen) atoms. The van der Waals surface area contributed by atoms with Crippen LogP contribution in [0, 0.1) is 0 Å². The molecule has 2 rings (SSSR count). The summed E-state index contributed by atoms with van der Waals surface area (Å²) in [4.78, 5) is 4.17. The molecular weight excluding hydrogens is 176 g/mol. The predicted octanol–water partition coefficient (Wildman–Crippen LogP) is 1.90. The van der Waals surface area contributed by atoms with Crippen LogP contribution < -0.4 is 10.1 Å². The smallest absolute Gasteiger partial charge is 0.137 e.